The number of amides is 2. The van der Waals surface area contributed by atoms with Crippen molar-refractivity contribution in [2.24, 2.45) is 23.3 Å². The Morgan fingerprint density at radius 3 is 1.32 bits per heavy atom. The maximum absolute atomic E-state index is 13.1. The fraction of sp³-hybridized carbons (Fsp3) is 0.643. The van der Waals surface area contributed by atoms with Crippen LogP contribution in [0, 0.1) is 11.8 Å². The molecule has 0 spiro atoms. The quantitative estimate of drug-likeness (QED) is 0.262. The second kappa shape index (κ2) is 14.2. The predicted molar refractivity (Wildman–Crippen MR) is 146 cm³/mol. The Kier molecular flexibility index (Phi) is 12.4. The van der Waals surface area contributed by atoms with E-state index in [1.54, 1.807) is 27.7 Å². The highest BCUT2D eigenvalue weighted by molar-refractivity contribution is 5.91. The number of carbonyl (C=O) groups is 4. The first kappa shape index (κ1) is 33.0. The zero-order chi connectivity index (χ0) is 29.3. The highest BCUT2D eigenvalue weighted by Gasteiger charge is 2.37. The summed E-state index contributed by atoms with van der Waals surface area (Å²) >= 11 is 0. The molecule has 0 aliphatic carbocycles. The Balaban J connectivity index is 3.10. The molecule has 1 aromatic rings. The maximum atomic E-state index is 13.1. The number of carbonyl (C=O) groups excluding carboxylic acids is 4. The van der Waals surface area contributed by atoms with Gasteiger partial charge in [0.25, 0.3) is 0 Å². The van der Waals surface area contributed by atoms with Crippen molar-refractivity contribution in [3.8, 4) is 0 Å². The molecule has 1 aromatic carbocycles. The molecule has 38 heavy (non-hydrogen) atoms. The van der Waals surface area contributed by atoms with Gasteiger partial charge < -0.3 is 31.6 Å². The number of rotatable bonds is 14. The number of nitrogens with one attached hydrogen (secondary N) is 2. The van der Waals surface area contributed by atoms with Crippen molar-refractivity contribution in [1.82, 2.24) is 10.6 Å². The van der Waals surface area contributed by atoms with Crippen LogP contribution in [0.25, 0.3) is 0 Å². The van der Waals surface area contributed by atoms with E-state index in [0.29, 0.717) is 0 Å². The lowest BCUT2D eigenvalue weighted by molar-refractivity contribution is -0.149. The van der Waals surface area contributed by atoms with Crippen LogP contribution >= 0.6 is 0 Å². The molecule has 0 radical (unpaired) electrons. The number of benzene rings is 1. The smallest absolute Gasteiger partial charge is 0.328 e. The number of nitrogens with two attached hydrogens (primary N) is 2. The normalized spacial score (nSPS) is 16.1. The average Bonchev–Trinajstić information content (AvgIpc) is 2.81. The van der Waals surface area contributed by atoms with Gasteiger partial charge in [0, 0.05) is 0 Å². The molecule has 10 nitrogen and oxygen atoms in total. The van der Waals surface area contributed by atoms with E-state index in [-0.39, 0.29) is 37.9 Å². The fourth-order valence-electron chi connectivity index (χ4n) is 3.93. The molecule has 4 atom stereocenters. The SMILES string of the molecule is CCOC(=O)[C@@H](NC(=O)[C@@](C)(N)Cc1ccccc1C[C@](C)(N)C(=O)N[C@H](C(=O)OCC)C(C)C)C(C)C. The van der Waals surface area contributed by atoms with Gasteiger partial charge in [0.15, 0.2) is 0 Å². The summed E-state index contributed by atoms with van der Waals surface area (Å²) < 4.78 is 10.2. The van der Waals surface area contributed by atoms with E-state index in [4.69, 9.17) is 20.9 Å². The van der Waals surface area contributed by atoms with Gasteiger partial charge in [-0.3, -0.25) is 9.59 Å². The highest BCUT2D eigenvalue weighted by atomic mass is 16.5. The Bertz CT molecular complexity index is 897. The van der Waals surface area contributed by atoms with E-state index in [1.807, 2.05) is 52.0 Å². The molecule has 0 aliphatic heterocycles. The Morgan fingerprint density at radius 1 is 0.737 bits per heavy atom. The van der Waals surface area contributed by atoms with Gasteiger partial charge in [-0.15, -0.1) is 0 Å². The number of hydrogen-bond acceptors (Lipinski definition) is 8. The lowest BCUT2D eigenvalue weighted by Gasteiger charge is -2.31. The zero-order valence-electron chi connectivity index (χ0n) is 24.1. The van der Waals surface area contributed by atoms with E-state index in [9.17, 15) is 19.2 Å². The summed E-state index contributed by atoms with van der Waals surface area (Å²) in [4.78, 5) is 50.9. The summed E-state index contributed by atoms with van der Waals surface area (Å²) in [5.74, 6) is -2.41. The van der Waals surface area contributed by atoms with Crippen molar-refractivity contribution in [3.05, 3.63) is 35.4 Å². The Morgan fingerprint density at radius 2 is 1.05 bits per heavy atom. The van der Waals surface area contributed by atoms with Crippen molar-refractivity contribution in [2.75, 3.05) is 13.2 Å². The standard InChI is InChI=1S/C28H46N4O6/c1-9-37-23(33)21(17(3)4)31-25(35)27(7,29)15-19-13-11-12-14-20(19)16-28(8,30)26(36)32-22(18(5)6)24(34)38-10-2/h11-14,17-18,21-22H,9-10,15-16,29-30H2,1-8H3,(H,31,35)(H,32,36)/t21-,22-,27-,28-/m0/s1. The molecule has 0 unspecified atom stereocenters. The molecule has 2 amide bonds. The third-order valence-corrected chi connectivity index (χ3v) is 6.26. The van der Waals surface area contributed by atoms with Gasteiger partial charge in [0.1, 0.15) is 12.1 Å². The van der Waals surface area contributed by atoms with Crippen molar-refractivity contribution >= 4 is 23.8 Å². The molecule has 0 aliphatic rings. The molecule has 6 N–H and O–H groups in total. The molecular weight excluding hydrogens is 488 g/mol. The molecule has 0 fully saturated rings. The van der Waals surface area contributed by atoms with Crippen molar-refractivity contribution < 1.29 is 28.7 Å². The van der Waals surface area contributed by atoms with Crippen molar-refractivity contribution in [1.29, 1.82) is 0 Å². The largest absolute Gasteiger partial charge is 0.464 e. The van der Waals surface area contributed by atoms with Gasteiger partial charge >= 0.3 is 11.9 Å². The van der Waals surface area contributed by atoms with Crippen molar-refractivity contribution in [3.63, 3.8) is 0 Å². The van der Waals surface area contributed by atoms with Gasteiger partial charge in [-0.25, -0.2) is 9.59 Å². The Hall–Kier alpha value is -2.98. The number of esters is 2. The second-order valence-corrected chi connectivity index (χ2v) is 10.9. The summed E-state index contributed by atoms with van der Waals surface area (Å²) in [5, 5.41) is 5.46. The molecule has 0 aromatic heterocycles. The minimum Gasteiger partial charge on any atom is -0.464 e. The van der Waals surface area contributed by atoms with Crippen LogP contribution in [-0.2, 0) is 41.5 Å². The molecule has 0 bridgehead atoms. The van der Waals surface area contributed by atoms with Gasteiger partial charge in [-0.2, -0.15) is 0 Å². The first-order valence-electron chi connectivity index (χ1n) is 13.2. The topological polar surface area (TPSA) is 163 Å². The van der Waals surface area contributed by atoms with Crippen LogP contribution in [0.1, 0.15) is 66.5 Å². The predicted octanol–water partition coefficient (Wildman–Crippen LogP) is 1.61. The summed E-state index contributed by atoms with van der Waals surface area (Å²) in [6.45, 7) is 14.2. The van der Waals surface area contributed by atoms with Crippen LogP contribution in [0.3, 0.4) is 0 Å². The van der Waals surface area contributed by atoms with Crippen LogP contribution in [-0.4, -0.2) is 60.1 Å². The number of hydrogen-bond donors (Lipinski definition) is 4. The second-order valence-electron chi connectivity index (χ2n) is 10.9. The molecule has 1 rings (SSSR count). The number of ether oxygens (including phenoxy) is 2. The van der Waals surface area contributed by atoms with Gasteiger partial charge in [0.05, 0.1) is 24.3 Å². The monoisotopic (exact) mass is 534 g/mol. The summed E-state index contributed by atoms with van der Waals surface area (Å²) in [6, 6.07) is 5.61. The van der Waals surface area contributed by atoms with E-state index < -0.39 is 46.9 Å². The van der Waals surface area contributed by atoms with E-state index in [1.165, 1.54) is 0 Å². The van der Waals surface area contributed by atoms with Crippen molar-refractivity contribution in [2.45, 2.75) is 91.4 Å². The molecule has 0 heterocycles. The lowest BCUT2D eigenvalue weighted by Crippen LogP contribution is -2.59. The molecular formula is C28H46N4O6. The average molecular weight is 535 g/mol. The van der Waals surface area contributed by atoms with E-state index in [0.717, 1.165) is 11.1 Å². The van der Waals surface area contributed by atoms with E-state index >= 15 is 0 Å². The van der Waals surface area contributed by atoms with Crippen LogP contribution < -0.4 is 22.1 Å². The first-order chi connectivity index (χ1) is 17.6. The van der Waals surface area contributed by atoms with Crippen LogP contribution in [0.15, 0.2) is 24.3 Å². The van der Waals surface area contributed by atoms with Crippen LogP contribution in [0.5, 0.6) is 0 Å². The fourth-order valence-corrected chi connectivity index (χ4v) is 3.93. The Labute approximate surface area is 226 Å². The third-order valence-electron chi connectivity index (χ3n) is 6.26. The zero-order valence-corrected chi connectivity index (χ0v) is 24.1. The summed E-state index contributed by atoms with van der Waals surface area (Å²) in [7, 11) is 0. The van der Waals surface area contributed by atoms with E-state index in [2.05, 4.69) is 10.6 Å². The van der Waals surface area contributed by atoms with Crippen LogP contribution in [0.2, 0.25) is 0 Å². The minimum atomic E-state index is -1.37. The summed E-state index contributed by atoms with van der Waals surface area (Å²) in [6.07, 6.45) is 0.273. The summed E-state index contributed by atoms with van der Waals surface area (Å²) in [5.41, 5.74) is 11.6. The maximum Gasteiger partial charge on any atom is 0.328 e. The first-order valence-corrected chi connectivity index (χ1v) is 13.2. The van der Waals surface area contributed by atoms with Gasteiger partial charge in [0.2, 0.25) is 11.8 Å². The highest BCUT2D eigenvalue weighted by Crippen LogP contribution is 2.21. The molecule has 10 heteroatoms. The van der Waals surface area contributed by atoms with Gasteiger partial charge in [-0.05, 0) is 63.5 Å². The third kappa shape index (κ3) is 9.40. The lowest BCUT2D eigenvalue weighted by atomic mass is 9.84. The minimum absolute atomic E-state index is 0.137. The molecule has 0 saturated carbocycles. The molecule has 0 saturated heterocycles. The molecule has 214 valence electrons. The van der Waals surface area contributed by atoms with Gasteiger partial charge in [-0.1, -0.05) is 52.0 Å². The van der Waals surface area contributed by atoms with Crippen LogP contribution in [0.4, 0.5) is 0 Å².